The zero-order valence-electron chi connectivity index (χ0n) is 13.4. The number of nitrogens with two attached hydrogens (primary N) is 1. The van der Waals surface area contributed by atoms with Gasteiger partial charge in [0.2, 0.25) is 0 Å². The molecule has 3 aromatic rings. The molecule has 4 heteroatoms. The Balaban J connectivity index is 1.61. The van der Waals surface area contributed by atoms with Crippen LogP contribution in [-0.4, -0.2) is 11.6 Å². The van der Waals surface area contributed by atoms with E-state index in [9.17, 15) is 0 Å². The summed E-state index contributed by atoms with van der Waals surface area (Å²) in [6, 6.07) is 13.9. The van der Waals surface area contributed by atoms with E-state index in [1.54, 1.807) is 11.3 Å². The average Bonchev–Trinajstić information content (AvgIpc) is 3.01. The van der Waals surface area contributed by atoms with Crippen LogP contribution in [0.5, 0.6) is 5.75 Å². The van der Waals surface area contributed by atoms with Crippen LogP contribution in [-0.2, 0) is 6.42 Å². The molecule has 118 valence electrons. The SMILES string of the molecule is Cc1cccc(OCCc2nc(-c3ccc(N)cc3)cs2)c1C. The Morgan fingerprint density at radius 1 is 1.09 bits per heavy atom. The van der Waals surface area contributed by atoms with Crippen molar-refractivity contribution in [1.29, 1.82) is 0 Å². The normalized spacial score (nSPS) is 10.7. The van der Waals surface area contributed by atoms with Gasteiger partial charge in [-0.25, -0.2) is 4.98 Å². The molecule has 0 amide bonds. The monoisotopic (exact) mass is 324 g/mol. The molecule has 0 radical (unpaired) electrons. The molecule has 2 N–H and O–H groups in total. The Hall–Kier alpha value is -2.33. The van der Waals surface area contributed by atoms with Crippen LogP contribution in [0.25, 0.3) is 11.3 Å². The molecule has 0 spiro atoms. The van der Waals surface area contributed by atoms with Crippen LogP contribution < -0.4 is 10.5 Å². The minimum atomic E-state index is 0.638. The van der Waals surface area contributed by atoms with E-state index in [1.807, 2.05) is 36.4 Å². The molecule has 1 aromatic heterocycles. The van der Waals surface area contributed by atoms with Crippen molar-refractivity contribution in [2.24, 2.45) is 0 Å². The van der Waals surface area contributed by atoms with Gasteiger partial charge >= 0.3 is 0 Å². The predicted octanol–water partition coefficient (Wildman–Crippen LogP) is 4.63. The van der Waals surface area contributed by atoms with E-state index in [2.05, 4.69) is 30.3 Å². The van der Waals surface area contributed by atoms with E-state index in [0.29, 0.717) is 6.61 Å². The number of benzene rings is 2. The molecule has 0 aliphatic rings. The molecule has 3 nitrogen and oxygen atoms in total. The summed E-state index contributed by atoms with van der Waals surface area (Å²) in [4.78, 5) is 4.68. The van der Waals surface area contributed by atoms with Gasteiger partial charge in [0.1, 0.15) is 5.75 Å². The molecule has 3 rings (SSSR count). The maximum atomic E-state index is 5.90. The maximum absolute atomic E-state index is 5.90. The Bertz CT molecular complexity index is 793. The fourth-order valence-corrected chi connectivity index (χ4v) is 3.13. The summed E-state index contributed by atoms with van der Waals surface area (Å²) in [5.74, 6) is 0.959. The summed E-state index contributed by atoms with van der Waals surface area (Å²) in [6.45, 7) is 4.83. The van der Waals surface area contributed by atoms with Gasteiger partial charge in [0.15, 0.2) is 0 Å². The van der Waals surface area contributed by atoms with Crippen LogP contribution in [0.15, 0.2) is 47.8 Å². The quantitative estimate of drug-likeness (QED) is 0.696. The summed E-state index contributed by atoms with van der Waals surface area (Å²) in [7, 11) is 0. The molecule has 0 aliphatic heterocycles. The van der Waals surface area contributed by atoms with Crippen LogP contribution in [0.3, 0.4) is 0 Å². The summed E-state index contributed by atoms with van der Waals surface area (Å²) in [5.41, 5.74) is 11.0. The Morgan fingerprint density at radius 3 is 2.65 bits per heavy atom. The van der Waals surface area contributed by atoms with Gasteiger partial charge in [-0.2, -0.15) is 0 Å². The molecule has 0 saturated carbocycles. The highest BCUT2D eigenvalue weighted by molar-refractivity contribution is 7.09. The summed E-state index contributed by atoms with van der Waals surface area (Å²) >= 11 is 1.67. The number of anilines is 1. The number of ether oxygens (including phenoxy) is 1. The molecule has 0 fully saturated rings. The standard InChI is InChI=1S/C19H20N2OS/c1-13-4-3-5-18(14(13)2)22-11-10-19-21-17(12-23-19)15-6-8-16(20)9-7-15/h3-9,12H,10-11,20H2,1-2H3. The molecule has 0 unspecified atom stereocenters. The molecular formula is C19H20N2OS. The molecule has 0 bridgehead atoms. The van der Waals surface area contributed by atoms with E-state index in [0.717, 1.165) is 34.1 Å². The number of aryl methyl sites for hydroxylation is 1. The van der Waals surface area contributed by atoms with Gasteiger partial charge in [-0.1, -0.05) is 24.3 Å². The maximum Gasteiger partial charge on any atom is 0.122 e. The third-order valence-corrected chi connectivity index (χ3v) is 4.80. The molecule has 2 aromatic carbocycles. The summed E-state index contributed by atoms with van der Waals surface area (Å²) < 4.78 is 5.90. The van der Waals surface area contributed by atoms with E-state index >= 15 is 0 Å². The second-order valence-corrected chi connectivity index (χ2v) is 6.49. The van der Waals surface area contributed by atoms with Crippen molar-refractivity contribution in [3.8, 4) is 17.0 Å². The summed E-state index contributed by atoms with van der Waals surface area (Å²) in [5, 5.41) is 3.17. The molecular weight excluding hydrogens is 304 g/mol. The minimum absolute atomic E-state index is 0.638. The van der Waals surface area contributed by atoms with Crippen LogP contribution in [0.4, 0.5) is 5.69 Å². The lowest BCUT2D eigenvalue weighted by Gasteiger charge is -2.09. The van der Waals surface area contributed by atoms with E-state index in [1.165, 1.54) is 11.1 Å². The first-order valence-corrected chi connectivity index (χ1v) is 8.51. The molecule has 0 aliphatic carbocycles. The van der Waals surface area contributed by atoms with Gasteiger partial charge in [-0.3, -0.25) is 0 Å². The molecule has 0 saturated heterocycles. The Morgan fingerprint density at radius 2 is 1.87 bits per heavy atom. The van der Waals surface area contributed by atoms with Crippen molar-refractivity contribution in [2.75, 3.05) is 12.3 Å². The highest BCUT2D eigenvalue weighted by Crippen LogP contribution is 2.24. The average molecular weight is 324 g/mol. The largest absolute Gasteiger partial charge is 0.493 e. The predicted molar refractivity (Wildman–Crippen MR) is 97.1 cm³/mol. The number of nitrogens with zero attached hydrogens (tertiary/aromatic N) is 1. The zero-order valence-corrected chi connectivity index (χ0v) is 14.2. The smallest absolute Gasteiger partial charge is 0.122 e. The Kier molecular flexibility index (Phi) is 4.63. The number of hydrogen-bond acceptors (Lipinski definition) is 4. The van der Waals surface area contributed by atoms with Crippen LogP contribution in [0.2, 0.25) is 0 Å². The third kappa shape index (κ3) is 3.71. The van der Waals surface area contributed by atoms with Gasteiger partial charge in [0, 0.05) is 23.1 Å². The first-order valence-electron chi connectivity index (χ1n) is 7.63. The second-order valence-electron chi connectivity index (χ2n) is 5.55. The van der Waals surface area contributed by atoms with Gasteiger partial charge in [-0.15, -0.1) is 11.3 Å². The zero-order chi connectivity index (χ0) is 16.2. The molecule has 0 atom stereocenters. The summed E-state index contributed by atoms with van der Waals surface area (Å²) in [6.07, 6.45) is 0.813. The number of rotatable bonds is 5. The van der Waals surface area contributed by atoms with Gasteiger partial charge in [0.05, 0.1) is 17.3 Å². The highest BCUT2D eigenvalue weighted by atomic mass is 32.1. The van der Waals surface area contributed by atoms with Crippen molar-refractivity contribution in [3.05, 3.63) is 64.0 Å². The highest BCUT2D eigenvalue weighted by Gasteiger charge is 2.06. The van der Waals surface area contributed by atoms with Gasteiger partial charge in [0.25, 0.3) is 0 Å². The van der Waals surface area contributed by atoms with Crippen molar-refractivity contribution in [1.82, 2.24) is 4.98 Å². The van der Waals surface area contributed by atoms with Crippen molar-refractivity contribution in [3.63, 3.8) is 0 Å². The third-order valence-electron chi connectivity index (χ3n) is 3.89. The van der Waals surface area contributed by atoms with Crippen molar-refractivity contribution in [2.45, 2.75) is 20.3 Å². The number of aromatic nitrogens is 1. The number of nitrogen functional groups attached to an aromatic ring is 1. The fourth-order valence-electron chi connectivity index (χ4n) is 2.34. The van der Waals surface area contributed by atoms with Crippen LogP contribution >= 0.6 is 11.3 Å². The fraction of sp³-hybridized carbons (Fsp3) is 0.211. The van der Waals surface area contributed by atoms with E-state index < -0.39 is 0 Å². The van der Waals surface area contributed by atoms with Crippen LogP contribution in [0.1, 0.15) is 16.1 Å². The lowest BCUT2D eigenvalue weighted by molar-refractivity contribution is 0.319. The van der Waals surface area contributed by atoms with Crippen LogP contribution in [0, 0.1) is 13.8 Å². The topological polar surface area (TPSA) is 48.1 Å². The van der Waals surface area contributed by atoms with E-state index in [4.69, 9.17) is 10.5 Å². The number of thiazole rings is 1. The minimum Gasteiger partial charge on any atom is -0.493 e. The van der Waals surface area contributed by atoms with Gasteiger partial charge in [-0.05, 0) is 43.2 Å². The lowest BCUT2D eigenvalue weighted by Crippen LogP contribution is -2.02. The first-order chi connectivity index (χ1) is 11.1. The van der Waals surface area contributed by atoms with Gasteiger partial charge < -0.3 is 10.5 Å². The second kappa shape index (κ2) is 6.84. The number of hydrogen-bond donors (Lipinski definition) is 1. The Labute approximate surface area is 140 Å². The lowest BCUT2D eigenvalue weighted by atomic mass is 10.1. The first kappa shape index (κ1) is 15.6. The van der Waals surface area contributed by atoms with Crippen molar-refractivity contribution >= 4 is 17.0 Å². The molecule has 23 heavy (non-hydrogen) atoms. The van der Waals surface area contributed by atoms with Crippen molar-refractivity contribution < 1.29 is 4.74 Å². The van der Waals surface area contributed by atoms with E-state index in [-0.39, 0.29) is 0 Å². The molecule has 1 heterocycles.